The maximum absolute atomic E-state index is 12.4. The van der Waals surface area contributed by atoms with Gasteiger partial charge in [0.05, 0.1) is 5.88 Å². The minimum Gasteiger partial charge on any atom is -0.293 e. The van der Waals surface area contributed by atoms with Crippen molar-refractivity contribution in [2.24, 2.45) is 0 Å². The van der Waals surface area contributed by atoms with Crippen molar-refractivity contribution in [2.75, 3.05) is 5.88 Å². The number of aromatic nitrogens is 1. The highest BCUT2D eigenvalue weighted by atomic mass is 35.5. The standard InChI is InChI=1S/C8H5Cl2F2NO/c9-3-5(14)4-1-2-6(10)13-7(4)8(11)12/h1-2,8H,3H2. The van der Waals surface area contributed by atoms with Gasteiger partial charge in [0.1, 0.15) is 10.8 Å². The van der Waals surface area contributed by atoms with E-state index in [1.54, 1.807) is 0 Å². The van der Waals surface area contributed by atoms with Gasteiger partial charge in [-0.2, -0.15) is 0 Å². The largest absolute Gasteiger partial charge is 0.293 e. The van der Waals surface area contributed by atoms with Crippen LogP contribution in [0.15, 0.2) is 12.1 Å². The number of hydrogen-bond donors (Lipinski definition) is 0. The number of alkyl halides is 3. The van der Waals surface area contributed by atoms with Crippen LogP contribution in [0.4, 0.5) is 8.78 Å². The SMILES string of the molecule is O=C(CCl)c1ccc(Cl)nc1C(F)F. The molecule has 1 heterocycles. The molecule has 0 aliphatic heterocycles. The monoisotopic (exact) mass is 239 g/mol. The van der Waals surface area contributed by atoms with Gasteiger partial charge in [0.2, 0.25) is 0 Å². The van der Waals surface area contributed by atoms with Crippen LogP contribution in [-0.2, 0) is 0 Å². The molecule has 0 unspecified atom stereocenters. The predicted octanol–water partition coefficient (Wildman–Crippen LogP) is 3.09. The maximum Gasteiger partial charge on any atom is 0.281 e. The molecule has 0 aromatic carbocycles. The summed E-state index contributed by atoms with van der Waals surface area (Å²) < 4.78 is 24.8. The van der Waals surface area contributed by atoms with E-state index >= 15 is 0 Å². The van der Waals surface area contributed by atoms with Crippen molar-refractivity contribution in [3.63, 3.8) is 0 Å². The number of nitrogens with zero attached hydrogens (tertiary/aromatic N) is 1. The van der Waals surface area contributed by atoms with Gasteiger partial charge in [-0.15, -0.1) is 11.6 Å². The molecule has 0 saturated carbocycles. The van der Waals surface area contributed by atoms with E-state index in [0.717, 1.165) is 0 Å². The average molecular weight is 240 g/mol. The van der Waals surface area contributed by atoms with Gasteiger partial charge < -0.3 is 0 Å². The van der Waals surface area contributed by atoms with Crippen molar-refractivity contribution in [3.8, 4) is 0 Å². The first-order valence-electron chi connectivity index (χ1n) is 3.60. The van der Waals surface area contributed by atoms with E-state index < -0.39 is 17.9 Å². The number of rotatable bonds is 3. The molecule has 0 radical (unpaired) electrons. The number of pyridine rings is 1. The van der Waals surface area contributed by atoms with Crippen LogP contribution >= 0.6 is 23.2 Å². The van der Waals surface area contributed by atoms with Gasteiger partial charge in [-0.1, -0.05) is 11.6 Å². The van der Waals surface area contributed by atoms with Crippen LogP contribution in [0.2, 0.25) is 5.15 Å². The maximum atomic E-state index is 12.4. The van der Waals surface area contributed by atoms with Crippen LogP contribution < -0.4 is 0 Å². The molecular formula is C8H5Cl2F2NO. The molecule has 76 valence electrons. The lowest BCUT2D eigenvalue weighted by Gasteiger charge is -2.05. The Morgan fingerprint density at radius 2 is 2.14 bits per heavy atom. The molecule has 0 fully saturated rings. The van der Waals surface area contributed by atoms with Crippen LogP contribution in [-0.4, -0.2) is 16.6 Å². The highest BCUT2D eigenvalue weighted by molar-refractivity contribution is 6.31. The molecule has 0 N–H and O–H groups in total. The van der Waals surface area contributed by atoms with E-state index in [1.165, 1.54) is 12.1 Å². The molecule has 2 nitrogen and oxygen atoms in total. The predicted molar refractivity (Wildman–Crippen MR) is 49.3 cm³/mol. The van der Waals surface area contributed by atoms with Crippen molar-refractivity contribution in [2.45, 2.75) is 6.43 Å². The van der Waals surface area contributed by atoms with Crippen LogP contribution in [0, 0.1) is 0 Å². The van der Waals surface area contributed by atoms with Crippen molar-refractivity contribution in [1.82, 2.24) is 4.98 Å². The molecule has 1 rings (SSSR count). The summed E-state index contributed by atoms with van der Waals surface area (Å²) >= 11 is 10.7. The van der Waals surface area contributed by atoms with E-state index in [2.05, 4.69) is 4.98 Å². The normalized spacial score (nSPS) is 10.6. The zero-order valence-electron chi connectivity index (χ0n) is 6.81. The lowest BCUT2D eigenvalue weighted by atomic mass is 10.1. The molecule has 0 aliphatic carbocycles. The fourth-order valence-corrected chi connectivity index (χ4v) is 1.22. The zero-order valence-corrected chi connectivity index (χ0v) is 8.32. The van der Waals surface area contributed by atoms with E-state index in [0.29, 0.717) is 0 Å². The second-order valence-electron chi connectivity index (χ2n) is 2.42. The Morgan fingerprint density at radius 3 is 2.64 bits per heavy atom. The lowest BCUT2D eigenvalue weighted by Crippen LogP contribution is -2.07. The summed E-state index contributed by atoms with van der Waals surface area (Å²) in [6, 6.07) is 2.47. The molecule has 1 aromatic rings. The fraction of sp³-hybridized carbons (Fsp3) is 0.250. The number of halogens is 4. The fourth-order valence-electron chi connectivity index (χ4n) is 0.924. The van der Waals surface area contributed by atoms with Crippen LogP contribution in [0.1, 0.15) is 22.5 Å². The second kappa shape index (κ2) is 4.66. The Kier molecular flexibility index (Phi) is 3.77. The molecular weight excluding hydrogens is 235 g/mol. The summed E-state index contributed by atoms with van der Waals surface area (Å²) in [5, 5.41) is -0.0774. The quantitative estimate of drug-likeness (QED) is 0.461. The minimum absolute atomic E-state index is 0.0774. The van der Waals surface area contributed by atoms with Gasteiger partial charge in [0, 0.05) is 5.56 Å². The van der Waals surface area contributed by atoms with E-state index in [4.69, 9.17) is 23.2 Å². The summed E-state index contributed by atoms with van der Waals surface area (Å²) in [5.41, 5.74) is -0.803. The van der Waals surface area contributed by atoms with Crippen molar-refractivity contribution < 1.29 is 13.6 Å². The Hall–Kier alpha value is -0.740. The minimum atomic E-state index is -2.84. The first-order valence-corrected chi connectivity index (χ1v) is 4.51. The number of carbonyl (C=O) groups excluding carboxylic acids is 1. The summed E-state index contributed by atoms with van der Waals surface area (Å²) in [6.07, 6.45) is -2.84. The van der Waals surface area contributed by atoms with Gasteiger partial charge in [-0.25, -0.2) is 13.8 Å². The number of hydrogen-bond acceptors (Lipinski definition) is 2. The molecule has 0 saturated heterocycles. The average Bonchev–Trinajstić information content (AvgIpc) is 2.16. The Labute approximate surface area is 88.8 Å². The van der Waals surface area contributed by atoms with Gasteiger partial charge in [-0.3, -0.25) is 4.79 Å². The summed E-state index contributed by atoms with van der Waals surface area (Å²) in [7, 11) is 0. The van der Waals surface area contributed by atoms with E-state index in [9.17, 15) is 13.6 Å². The molecule has 0 atom stereocenters. The zero-order chi connectivity index (χ0) is 10.7. The van der Waals surface area contributed by atoms with Crippen molar-refractivity contribution in [3.05, 3.63) is 28.5 Å². The summed E-state index contributed by atoms with van der Waals surface area (Å²) in [4.78, 5) is 14.5. The van der Waals surface area contributed by atoms with Gasteiger partial charge in [0.25, 0.3) is 6.43 Å². The van der Waals surface area contributed by atoms with Crippen molar-refractivity contribution >= 4 is 29.0 Å². The first kappa shape index (κ1) is 11.3. The molecule has 1 aromatic heterocycles. The molecule has 0 spiro atoms. The van der Waals surface area contributed by atoms with E-state index in [-0.39, 0.29) is 16.6 Å². The molecule has 0 aliphatic rings. The van der Waals surface area contributed by atoms with Crippen LogP contribution in [0.3, 0.4) is 0 Å². The molecule has 0 amide bonds. The number of carbonyl (C=O) groups is 1. The van der Waals surface area contributed by atoms with Crippen molar-refractivity contribution in [1.29, 1.82) is 0 Å². The Bertz CT molecular complexity index is 357. The second-order valence-corrected chi connectivity index (χ2v) is 3.08. The topological polar surface area (TPSA) is 30.0 Å². The van der Waals surface area contributed by atoms with Gasteiger partial charge in [0.15, 0.2) is 5.78 Å². The Balaban J connectivity index is 3.21. The number of ketones is 1. The van der Waals surface area contributed by atoms with Gasteiger partial charge >= 0.3 is 0 Å². The molecule has 0 bridgehead atoms. The summed E-state index contributed by atoms with van der Waals surface area (Å²) in [6.45, 7) is 0. The van der Waals surface area contributed by atoms with Gasteiger partial charge in [-0.05, 0) is 12.1 Å². The smallest absolute Gasteiger partial charge is 0.281 e. The highest BCUT2D eigenvalue weighted by Crippen LogP contribution is 2.23. The lowest BCUT2D eigenvalue weighted by molar-refractivity contribution is 0.0999. The first-order chi connectivity index (χ1) is 6.56. The third kappa shape index (κ3) is 2.39. The van der Waals surface area contributed by atoms with Crippen LogP contribution in [0.5, 0.6) is 0 Å². The van der Waals surface area contributed by atoms with Crippen LogP contribution in [0.25, 0.3) is 0 Å². The Morgan fingerprint density at radius 1 is 1.50 bits per heavy atom. The number of Topliss-reactive ketones (excluding diaryl/α,β-unsaturated/α-hetero) is 1. The third-order valence-electron chi connectivity index (χ3n) is 1.52. The van der Waals surface area contributed by atoms with E-state index in [1.807, 2.05) is 0 Å². The third-order valence-corrected chi connectivity index (χ3v) is 1.97. The summed E-state index contributed by atoms with van der Waals surface area (Å²) in [5.74, 6) is -0.950. The molecule has 6 heteroatoms. The molecule has 14 heavy (non-hydrogen) atoms. The highest BCUT2D eigenvalue weighted by Gasteiger charge is 2.19.